The largest absolute Gasteiger partial charge is 0.382 e. The number of hydrogen-bond donors (Lipinski definition) is 3. The zero-order valence-corrected chi connectivity index (χ0v) is 11.6. The van der Waals surface area contributed by atoms with Gasteiger partial charge in [0.1, 0.15) is 0 Å². The van der Waals surface area contributed by atoms with Gasteiger partial charge in [-0.3, -0.25) is 15.4 Å². The first-order valence-corrected chi connectivity index (χ1v) is 6.54. The van der Waals surface area contributed by atoms with Crippen molar-refractivity contribution in [3.8, 4) is 0 Å². The fraction of sp³-hybridized carbons (Fsp3) is 0.538. The van der Waals surface area contributed by atoms with Crippen LogP contribution in [0.25, 0.3) is 0 Å². The molecule has 1 aromatic rings. The summed E-state index contributed by atoms with van der Waals surface area (Å²) >= 11 is 0. The Labute approximate surface area is 114 Å². The van der Waals surface area contributed by atoms with E-state index in [9.17, 15) is 0 Å². The van der Waals surface area contributed by atoms with Gasteiger partial charge in [0.25, 0.3) is 0 Å². The summed E-state index contributed by atoms with van der Waals surface area (Å²) in [6.45, 7) is 6.11. The molecule has 0 saturated carbocycles. The van der Waals surface area contributed by atoms with Gasteiger partial charge in [-0.25, -0.2) is 5.84 Å². The monoisotopic (exact) mass is 265 g/mol. The van der Waals surface area contributed by atoms with Crippen molar-refractivity contribution in [3.63, 3.8) is 0 Å². The van der Waals surface area contributed by atoms with Gasteiger partial charge in [0.15, 0.2) is 0 Å². The topological polar surface area (TPSA) is 84.6 Å². The Morgan fingerprint density at radius 1 is 1.53 bits per heavy atom. The van der Waals surface area contributed by atoms with Gasteiger partial charge < -0.3 is 10.1 Å². The van der Waals surface area contributed by atoms with E-state index in [1.54, 1.807) is 6.20 Å². The lowest BCUT2D eigenvalue weighted by atomic mass is 10.2. The van der Waals surface area contributed by atoms with Crippen molar-refractivity contribution in [1.29, 1.82) is 0 Å². The number of pyridine rings is 1. The van der Waals surface area contributed by atoms with Crippen LogP contribution in [0.1, 0.15) is 32.0 Å². The molecule has 0 radical (unpaired) electrons. The third-order valence-corrected chi connectivity index (χ3v) is 2.54. The predicted octanol–water partition coefficient (Wildman–Crippen LogP) is 0.978. The van der Waals surface area contributed by atoms with Crippen molar-refractivity contribution < 1.29 is 4.74 Å². The Morgan fingerprint density at radius 3 is 3.00 bits per heavy atom. The van der Waals surface area contributed by atoms with Crippen molar-refractivity contribution in [2.24, 2.45) is 10.8 Å². The SMILES string of the molecule is CCOCCCN=C(NN)NC(C)c1ccccn1. The maximum Gasteiger partial charge on any atom is 0.206 e. The minimum Gasteiger partial charge on any atom is -0.382 e. The average Bonchev–Trinajstić information content (AvgIpc) is 2.46. The van der Waals surface area contributed by atoms with Gasteiger partial charge in [-0.1, -0.05) is 6.07 Å². The van der Waals surface area contributed by atoms with E-state index in [0.29, 0.717) is 19.1 Å². The van der Waals surface area contributed by atoms with E-state index >= 15 is 0 Å². The molecule has 19 heavy (non-hydrogen) atoms. The van der Waals surface area contributed by atoms with Crippen LogP contribution in [0.4, 0.5) is 0 Å². The zero-order chi connectivity index (χ0) is 13.9. The Morgan fingerprint density at radius 2 is 2.37 bits per heavy atom. The van der Waals surface area contributed by atoms with Gasteiger partial charge >= 0.3 is 0 Å². The molecule has 6 heteroatoms. The number of ether oxygens (including phenoxy) is 1. The number of nitrogens with one attached hydrogen (secondary N) is 2. The van der Waals surface area contributed by atoms with Crippen LogP contribution in [0.3, 0.4) is 0 Å². The maximum absolute atomic E-state index is 5.45. The summed E-state index contributed by atoms with van der Waals surface area (Å²) in [6.07, 6.45) is 2.64. The molecule has 6 nitrogen and oxygen atoms in total. The lowest BCUT2D eigenvalue weighted by Gasteiger charge is -2.15. The Balaban J connectivity index is 2.41. The van der Waals surface area contributed by atoms with Crippen molar-refractivity contribution in [1.82, 2.24) is 15.7 Å². The number of rotatable bonds is 7. The summed E-state index contributed by atoms with van der Waals surface area (Å²) in [5, 5.41) is 3.18. The fourth-order valence-corrected chi connectivity index (χ4v) is 1.55. The van der Waals surface area contributed by atoms with Crippen LogP contribution in [0.15, 0.2) is 29.4 Å². The molecule has 1 heterocycles. The zero-order valence-electron chi connectivity index (χ0n) is 11.6. The Hall–Kier alpha value is -1.66. The van der Waals surface area contributed by atoms with Crippen LogP contribution in [0.2, 0.25) is 0 Å². The predicted molar refractivity (Wildman–Crippen MR) is 76.5 cm³/mol. The molecule has 0 fully saturated rings. The van der Waals surface area contributed by atoms with Crippen molar-refractivity contribution in [2.45, 2.75) is 26.3 Å². The van der Waals surface area contributed by atoms with Crippen LogP contribution in [-0.2, 0) is 4.74 Å². The fourth-order valence-electron chi connectivity index (χ4n) is 1.55. The highest BCUT2D eigenvalue weighted by Crippen LogP contribution is 2.07. The van der Waals surface area contributed by atoms with E-state index in [4.69, 9.17) is 10.6 Å². The minimum absolute atomic E-state index is 0.0443. The molecule has 0 aliphatic heterocycles. The number of hydrogen-bond acceptors (Lipinski definition) is 4. The highest BCUT2D eigenvalue weighted by atomic mass is 16.5. The van der Waals surface area contributed by atoms with E-state index in [-0.39, 0.29) is 6.04 Å². The normalized spacial score (nSPS) is 13.1. The number of aliphatic imine (C=N–C) groups is 1. The molecule has 0 bridgehead atoms. The molecule has 0 aromatic carbocycles. The Kier molecular flexibility index (Phi) is 7.53. The maximum atomic E-state index is 5.45. The second kappa shape index (κ2) is 9.29. The van der Waals surface area contributed by atoms with Gasteiger partial charge in [0.05, 0.1) is 11.7 Å². The molecule has 1 aromatic heterocycles. The summed E-state index contributed by atoms with van der Waals surface area (Å²) in [5.74, 6) is 6.01. The molecular weight excluding hydrogens is 242 g/mol. The molecular formula is C13H23N5O. The molecule has 0 saturated heterocycles. The number of nitrogens with zero attached hydrogens (tertiary/aromatic N) is 2. The van der Waals surface area contributed by atoms with Crippen molar-refractivity contribution >= 4 is 5.96 Å². The first kappa shape index (κ1) is 15.4. The molecule has 0 aliphatic rings. The minimum atomic E-state index is 0.0443. The smallest absolute Gasteiger partial charge is 0.206 e. The first-order chi connectivity index (χ1) is 9.27. The summed E-state index contributed by atoms with van der Waals surface area (Å²) < 4.78 is 5.25. The second-order valence-corrected chi connectivity index (χ2v) is 4.05. The lowest BCUT2D eigenvalue weighted by molar-refractivity contribution is 0.146. The third-order valence-electron chi connectivity index (χ3n) is 2.54. The molecule has 1 unspecified atom stereocenters. The highest BCUT2D eigenvalue weighted by Gasteiger charge is 2.07. The highest BCUT2D eigenvalue weighted by molar-refractivity contribution is 5.79. The van der Waals surface area contributed by atoms with Crippen molar-refractivity contribution in [2.75, 3.05) is 19.8 Å². The summed E-state index contributed by atoms with van der Waals surface area (Å²) in [4.78, 5) is 8.62. The van der Waals surface area contributed by atoms with Crippen LogP contribution in [-0.4, -0.2) is 30.7 Å². The quantitative estimate of drug-likeness (QED) is 0.225. The molecule has 0 spiro atoms. The third kappa shape index (κ3) is 6.17. The molecule has 1 atom stereocenters. The number of aromatic nitrogens is 1. The van der Waals surface area contributed by atoms with Crippen LogP contribution in [0, 0.1) is 0 Å². The molecule has 106 valence electrons. The second-order valence-electron chi connectivity index (χ2n) is 4.05. The van der Waals surface area contributed by atoms with Gasteiger partial charge in [-0.2, -0.15) is 0 Å². The number of hydrazine groups is 1. The van der Waals surface area contributed by atoms with Gasteiger partial charge in [-0.15, -0.1) is 0 Å². The van der Waals surface area contributed by atoms with E-state index in [0.717, 1.165) is 18.7 Å². The van der Waals surface area contributed by atoms with Crippen molar-refractivity contribution in [3.05, 3.63) is 30.1 Å². The van der Waals surface area contributed by atoms with Gasteiger partial charge in [0, 0.05) is 26.0 Å². The van der Waals surface area contributed by atoms with Crippen LogP contribution < -0.4 is 16.6 Å². The Bertz CT molecular complexity index is 369. The summed E-state index contributed by atoms with van der Waals surface area (Å²) in [6, 6.07) is 5.85. The van der Waals surface area contributed by atoms with Gasteiger partial charge in [0.2, 0.25) is 5.96 Å². The first-order valence-electron chi connectivity index (χ1n) is 6.54. The van der Waals surface area contributed by atoms with E-state index in [1.165, 1.54) is 0 Å². The summed E-state index contributed by atoms with van der Waals surface area (Å²) in [7, 11) is 0. The molecule has 1 rings (SSSR count). The number of guanidine groups is 1. The van der Waals surface area contributed by atoms with Gasteiger partial charge in [-0.05, 0) is 32.4 Å². The molecule has 4 N–H and O–H groups in total. The standard InChI is InChI=1S/C13H23N5O/c1-3-19-10-6-9-16-13(18-14)17-11(2)12-7-4-5-8-15-12/h4-5,7-8,11H,3,6,9-10,14H2,1-2H3,(H2,16,17,18). The van der Waals surface area contributed by atoms with E-state index in [2.05, 4.69) is 20.7 Å². The van der Waals surface area contributed by atoms with Crippen LogP contribution in [0.5, 0.6) is 0 Å². The van der Waals surface area contributed by atoms with E-state index < -0.39 is 0 Å². The lowest BCUT2D eigenvalue weighted by Crippen LogP contribution is -2.43. The summed E-state index contributed by atoms with van der Waals surface area (Å²) in [5.41, 5.74) is 3.51. The van der Waals surface area contributed by atoms with E-state index in [1.807, 2.05) is 32.0 Å². The average molecular weight is 265 g/mol. The van der Waals surface area contributed by atoms with Crippen LogP contribution >= 0.6 is 0 Å². The molecule has 0 aliphatic carbocycles. The molecule has 0 amide bonds. The number of nitrogens with two attached hydrogens (primary N) is 1.